The van der Waals surface area contributed by atoms with Crippen LogP contribution in [-0.2, 0) is 0 Å². The Labute approximate surface area is 92.8 Å². The van der Waals surface area contributed by atoms with Crippen LogP contribution in [0.1, 0.15) is 19.8 Å². The van der Waals surface area contributed by atoms with Crippen molar-refractivity contribution in [3.05, 3.63) is 30.3 Å². The summed E-state index contributed by atoms with van der Waals surface area (Å²) in [6, 6.07) is 9.61. The van der Waals surface area contributed by atoms with E-state index in [0.29, 0.717) is 0 Å². The summed E-state index contributed by atoms with van der Waals surface area (Å²) in [7, 11) is -1.31. The van der Waals surface area contributed by atoms with E-state index in [1.165, 1.54) is 0 Å². The molecule has 0 bridgehead atoms. The molecular formula is C12H18NOP. The lowest BCUT2D eigenvalue weighted by atomic mass is 10.4. The molecule has 0 fully saturated rings. The zero-order chi connectivity index (χ0) is 10.9. The van der Waals surface area contributed by atoms with Crippen LogP contribution < -0.4 is 15.5 Å². The normalized spacial score (nSPS) is 11.7. The minimum atomic E-state index is -1.31. The van der Waals surface area contributed by atoms with Crippen LogP contribution in [0.25, 0.3) is 0 Å². The van der Waals surface area contributed by atoms with Crippen molar-refractivity contribution in [2.24, 2.45) is 0 Å². The molecule has 2 nitrogen and oxygen atoms in total. The summed E-state index contributed by atoms with van der Waals surface area (Å²) in [5.41, 5.74) is 0. The van der Waals surface area contributed by atoms with Gasteiger partial charge in [0.15, 0.2) is 0 Å². The van der Waals surface area contributed by atoms with Gasteiger partial charge in [-0.05, 0) is 25.1 Å². The molecule has 15 heavy (non-hydrogen) atoms. The van der Waals surface area contributed by atoms with Gasteiger partial charge in [0.25, 0.3) is 0 Å². The second-order valence-corrected chi connectivity index (χ2v) is 4.92. The maximum atomic E-state index is 11.7. The molecule has 1 aromatic carbocycles. The lowest BCUT2D eigenvalue weighted by Gasteiger charge is -1.99. The Morgan fingerprint density at radius 3 is 2.67 bits per heavy atom. The molecule has 1 unspecified atom stereocenters. The minimum Gasteiger partial charge on any atom is -0.626 e. The summed E-state index contributed by atoms with van der Waals surface area (Å²) >= 11 is 0. The molecule has 0 amide bonds. The van der Waals surface area contributed by atoms with Crippen molar-refractivity contribution in [2.45, 2.75) is 19.8 Å². The predicted molar refractivity (Wildman–Crippen MR) is 66.8 cm³/mol. The molecule has 0 aromatic heterocycles. The fourth-order valence-electron chi connectivity index (χ4n) is 1.27. The smallest absolute Gasteiger partial charge is 0.144 e. The molecule has 0 radical (unpaired) electrons. The van der Waals surface area contributed by atoms with Crippen LogP contribution in [-0.4, -0.2) is 18.9 Å². The van der Waals surface area contributed by atoms with Crippen molar-refractivity contribution >= 4 is 18.9 Å². The van der Waals surface area contributed by atoms with Gasteiger partial charge in [0.2, 0.25) is 0 Å². The summed E-state index contributed by atoms with van der Waals surface area (Å²) in [5.74, 6) is 1.90. The highest BCUT2D eigenvalue weighted by atomic mass is 31.1. The van der Waals surface area contributed by atoms with Crippen LogP contribution in [0.5, 0.6) is 0 Å². The average molecular weight is 223 g/mol. The molecule has 0 aliphatic heterocycles. The zero-order valence-corrected chi connectivity index (χ0v) is 10.0. The van der Waals surface area contributed by atoms with E-state index >= 15 is 0 Å². The molecule has 0 saturated heterocycles. The fourth-order valence-corrected chi connectivity index (χ4v) is 2.31. The van der Waals surface area contributed by atoms with E-state index in [-0.39, 0.29) is 0 Å². The van der Waals surface area contributed by atoms with E-state index in [0.717, 1.165) is 31.2 Å². The summed E-state index contributed by atoms with van der Waals surface area (Å²) in [4.78, 5) is 11.7. The minimum absolute atomic E-state index is 0.865. The van der Waals surface area contributed by atoms with Gasteiger partial charge in [-0.25, -0.2) is 0 Å². The monoisotopic (exact) mass is 223 g/mol. The Bertz CT molecular complexity index is 298. The maximum Gasteiger partial charge on any atom is 0.144 e. The standard InChI is InChI=1S/C12H18NOP/c1-2-9-13-10-6-11-15(14)12-7-4-3-5-8-12/h3-5,7-8,11,13H,2,6,9-10H2,1H3. The third-order valence-corrected chi connectivity index (χ3v) is 3.45. The number of nitrogens with one attached hydrogen (secondary N) is 1. The molecule has 82 valence electrons. The average Bonchev–Trinajstić information content (AvgIpc) is 2.30. The van der Waals surface area contributed by atoms with Crippen molar-refractivity contribution < 1.29 is 4.89 Å². The summed E-state index contributed by atoms with van der Waals surface area (Å²) < 4.78 is 0. The number of rotatable bonds is 6. The fraction of sp³-hybridized carbons (Fsp3) is 0.417. The van der Waals surface area contributed by atoms with Gasteiger partial charge < -0.3 is 10.2 Å². The van der Waals surface area contributed by atoms with Crippen LogP contribution >= 0.6 is 7.77 Å². The van der Waals surface area contributed by atoms with Gasteiger partial charge in [-0.3, -0.25) is 0 Å². The number of hydrogen-bond donors (Lipinski definition) is 1. The van der Waals surface area contributed by atoms with Crippen molar-refractivity contribution in [3.63, 3.8) is 0 Å². The first-order chi connectivity index (χ1) is 7.34. The topological polar surface area (TPSA) is 35.1 Å². The van der Waals surface area contributed by atoms with E-state index < -0.39 is 7.77 Å². The van der Waals surface area contributed by atoms with Gasteiger partial charge in [0, 0.05) is 13.0 Å². The second kappa shape index (κ2) is 7.58. The lowest BCUT2D eigenvalue weighted by Crippen LogP contribution is -2.16. The van der Waals surface area contributed by atoms with Gasteiger partial charge in [-0.1, -0.05) is 25.1 Å². The van der Waals surface area contributed by atoms with Crippen molar-refractivity contribution in [1.29, 1.82) is 0 Å². The molecule has 1 N–H and O–H groups in total. The SMILES string of the molecule is CCCNCCC=[P+]([O-])c1ccccc1. The Morgan fingerprint density at radius 2 is 2.00 bits per heavy atom. The largest absolute Gasteiger partial charge is 0.626 e. The van der Waals surface area contributed by atoms with Gasteiger partial charge in [-0.2, -0.15) is 0 Å². The predicted octanol–water partition coefficient (Wildman–Crippen LogP) is 1.26. The van der Waals surface area contributed by atoms with Crippen LogP contribution in [0.2, 0.25) is 0 Å². The summed E-state index contributed by atoms with van der Waals surface area (Å²) in [5, 5.41) is 4.20. The van der Waals surface area contributed by atoms with Gasteiger partial charge in [-0.15, -0.1) is 0 Å². The van der Waals surface area contributed by atoms with E-state index in [4.69, 9.17) is 0 Å². The highest BCUT2D eigenvalue weighted by Crippen LogP contribution is 2.08. The van der Waals surface area contributed by atoms with E-state index in [2.05, 4.69) is 12.2 Å². The maximum absolute atomic E-state index is 11.7. The molecular weight excluding hydrogens is 205 g/mol. The first-order valence-electron chi connectivity index (χ1n) is 5.40. The van der Waals surface area contributed by atoms with Crippen LogP contribution in [0.15, 0.2) is 30.3 Å². The van der Waals surface area contributed by atoms with Crippen LogP contribution in [0.4, 0.5) is 0 Å². The molecule has 0 aliphatic rings. The summed E-state index contributed by atoms with van der Waals surface area (Å²) in [6.07, 6.45) is 2.01. The van der Waals surface area contributed by atoms with Gasteiger partial charge in [0.05, 0.1) is 13.6 Å². The Balaban J connectivity index is 2.33. The molecule has 1 aromatic rings. The molecule has 0 spiro atoms. The first kappa shape index (κ1) is 12.4. The van der Waals surface area contributed by atoms with Crippen molar-refractivity contribution in [3.8, 4) is 0 Å². The molecule has 3 heteroatoms. The zero-order valence-electron chi connectivity index (χ0n) is 9.15. The van der Waals surface area contributed by atoms with E-state index in [1.54, 1.807) is 0 Å². The first-order valence-corrected chi connectivity index (χ1v) is 6.73. The molecule has 0 saturated carbocycles. The second-order valence-electron chi connectivity index (χ2n) is 3.38. The third-order valence-electron chi connectivity index (χ3n) is 2.05. The summed E-state index contributed by atoms with van der Waals surface area (Å²) in [6.45, 7) is 4.10. The Morgan fingerprint density at radius 1 is 1.27 bits per heavy atom. The molecule has 0 aliphatic carbocycles. The van der Waals surface area contributed by atoms with Gasteiger partial charge in [0.1, 0.15) is 5.30 Å². The van der Waals surface area contributed by atoms with E-state index in [9.17, 15) is 4.89 Å². The number of hydrogen-bond acceptors (Lipinski definition) is 2. The number of benzene rings is 1. The lowest BCUT2D eigenvalue weighted by molar-refractivity contribution is -0.149. The van der Waals surface area contributed by atoms with Crippen LogP contribution in [0, 0.1) is 0 Å². The van der Waals surface area contributed by atoms with Crippen molar-refractivity contribution in [1.82, 2.24) is 5.32 Å². The Hall–Kier alpha value is -0.690. The third kappa shape index (κ3) is 5.08. The van der Waals surface area contributed by atoms with Crippen molar-refractivity contribution in [2.75, 3.05) is 13.1 Å². The molecule has 1 atom stereocenters. The molecule has 1 rings (SSSR count). The van der Waals surface area contributed by atoms with Crippen LogP contribution in [0.3, 0.4) is 0 Å². The Kier molecular flexibility index (Phi) is 6.26. The molecule has 0 heterocycles. The quantitative estimate of drug-likeness (QED) is 0.582. The van der Waals surface area contributed by atoms with E-state index in [1.807, 2.05) is 36.1 Å². The van der Waals surface area contributed by atoms with Gasteiger partial charge >= 0.3 is 0 Å². The highest BCUT2D eigenvalue weighted by Gasteiger charge is 1.99. The highest BCUT2D eigenvalue weighted by molar-refractivity contribution is 7.58.